The summed E-state index contributed by atoms with van der Waals surface area (Å²) in [6.07, 6.45) is 0.546. The van der Waals surface area contributed by atoms with E-state index >= 15 is 0 Å². The predicted octanol–water partition coefficient (Wildman–Crippen LogP) is 4.59. The molecule has 0 nitrogen and oxygen atoms in total. The van der Waals surface area contributed by atoms with Gasteiger partial charge in [-0.2, -0.15) is 0 Å². The molecule has 0 amide bonds. The molecule has 3 heteroatoms. The molecule has 2 aromatic rings. The third-order valence-corrected chi connectivity index (χ3v) is 3.60. The van der Waals surface area contributed by atoms with Crippen LogP contribution in [0.25, 0.3) is 11.1 Å². The molecule has 0 bridgehead atoms. The molecule has 0 N–H and O–H groups in total. The van der Waals surface area contributed by atoms with Gasteiger partial charge in [0.15, 0.2) is 17.5 Å². The van der Waals surface area contributed by atoms with Crippen molar-refractivity contribution >= 4 is 11.1 Å². The van der Waals surface area contributed by atoms with E-state index in [0.29, 0.717) is 6.42 Å². The van der Waals surface area contributed by atoms with Crippen LogP contribution >= 0.6 is 0 Å². The van der Waals surface area contributed by atoms with E-state index in [9.17, 15) is 13.2 Å². The van der Waals surface area contributed by atoms with Gasteiger partial charge in [-0.15, -0.1) is 0 Å². The molecular weight excluding hydrogens is 249 g/mol. The van der Waals surface area contributed by atoms with Crippen molar-refractivity contribution in [2.45, 2.75) is 13.3 Å². The number of halogens is 3. The lowest BCUT2D eigenvalue weighted by atomic mass is 10.0. The van der Waals surface area contributed by atoms with E-state index in [1.807, 2.05) is 31.2 Å². The Morgan fingerprint density at radius 1 is 0.842 bits per heavy atom. The van der Waals surface area contributed by atoms with Crippen LogP contribution in [0, 0.1) is 17.5 Å². The minimum atomic E-state index is -1.41. The van der Waals surface area contributed by atoms with E-state index in [1.54, 1.807) is 0 Å². The summed E-state index contributed by atoms with van der Waals surface area (Å²) in [6.45, 7) is 1.88. The number of fused-ring (bicyclic) bond motifs is 1. The van der Waals surface area contributed by atoms with Crippen LogP contribution in [0.4, 0.5) is 13.2 Å². The Morgan fingerprint density at radius 2 is 1.58 bits per heavy atom. The van der Waals surface area contributed by atoms with E-state index in [-0.39, 0.29) is 5.56 Å². The van der Waals surface area contributed by atoms with Crippen molar-refractivity contribution in [3.05, 3.63) is 70.5 Å². The summed E-state index contributed by atoms with van der Waals surface area (Å²) in [5.41, 5.74) is 3.91. The van der Waals surface area contributed by atoms with Crippen LogP contribution in [0.15, 0.2) is 36.4 Å². The van der Waals surface area contributed by atoms with Crippen molar-refractivity contribution in [1.82, 2.24) is 0 Å². The molecule has 0 unspecified atom stereocenters. The molecule has 96 valence electrons. The molecule has 0 fully saturated rings. The number of benzene rings is 2. The maximum atomic E-state index is 13.9. The zero-order chi connectivity index (χ0) is 13.6. The van der Waals surface area contributed by atoms with Crippen molar-refractivity contribution in [1.29, 1.82) is 0 Å². The maximum Gasteiger partial charge on any atom is 0.195 e. The minimum Gasteiger partial charge on any atom is -0.204 e. The lowest BCUT2D eigenvalue weighted by Crippen LogP contribution is -1.97. The average molecular weight is 260 g/mol. The van der Waals surface area contributed by atoms with Crippen LogP contribution in [0.2, 0.25) is 0 Å². The minimum absolute atomic E-state index is 0.146. The summed E-state index contributed by atoms with van der Waals surface area (Å²) in [7, 11) is 0. The number of hydrogen-bond donors (Lipinski definition) is 0. The summed E-state index contributed by atoms with van der Waals surface area (Å²) in [6, 6.07) is 10.0. The Kier molecular flexibility index (Phi) is 2.70. The Bertz CT molecular complexity index is 699. The van der Waals surface area contributed by atoms with Crippen LogP contribution in [-0.2, 0) is 6.42 Å². The van der Waals surface area contributed by atoms with Crippen LogP contribution in [0.5, 0.6) is 0 Å². The molecule has 1 aliphatic rings. The second-order valence-electron chi connectivity index (χ2n) is 4.66. The highest BCUT2D eigenvalue weighted by atomic mass is 19.2. The Labute approximate surface area is 109 Å². The molecule has 0 aliphatic heterocycles. The Morgan fingerprint density at radius 3 is 2.32 bits per heavy atom. The van der Waals surface area contributed by atoms with Gasteiger partial charge in [0, 0.05) is 5.56 Å². The summed E-state index contributed by atoms with van der Waals surface area (Å²) in [5.74, 6) is -3.68. The maximum absolute atomic E-state index is 13.9. The van der Waals surface area contributed by atoms with E-state index in [2.05, 4.69) is 0 Å². The SMILES string of the molecule is CC1=C(c2ccc(F)c(F)c2F)Cc2ccccc21. The van der Waals surface area contributed by atoms with Crippen LogP contribution in [-0.4, -0.2) is 0 Å². The van der Waals surface area contributed by atoms with Gasteiger partial charge in [0.05, 0.1) is 0 Å². The van der Waals surface area contributed by atoms with E-state index in [4.69, 9.17) is 0 Å². The van der Waals surface area contributed by atoms with Crippen molar-refractivity contribution in [2.24, 2.45) is 0 Å². The third-order valence-electron chi connectivity index (χ3n) is 3.60. The average Bonchev–Trinajstić information content (AvgIpc) is 2.74. The van der Waals surface area contributed by atoms with Crippen LogP contribution in [0.3, 0.4) is 0 Å². The number of allylic oxidation sites excluding steroid dienone is 2. The van der Waals surface area contributed by atoms with Crippen molar-refractivity contribution < 1.29 is 13.2 Å². The van der Waals surface area contributed by atoms with Gasteiger partial charge in [0.1, 0.15) is 0 Å². The van der Waals surface area contributed by atoms with Crippen LogP contribution in [0.1, 0.15) is 23.6 Å². The van der Waals surface area contributed by atoms with Crippen LogP contribution < -0.4 is 0 Å². The highest BCUT2D eigenvalue weighted by molar-refractivity contribution is 5.96. The zero-order valence-electron chi connectivity index (χ0n) is 10.3. The fourth-order valence-electron chi connectivity index (χ4n) is 2.58. The molecule has 0 atom stereocenters. The fourth-order valence-corrected chi connectivity index (χ4v) is 2.58. The molecule has 1 aliphatic carbocycles. The normalized spacial score (nSPS) is 13.9. The molecule has 0 heterocycles. The molecule has 19 heavy (non-hydrogen) atoms. The first-order valence-electron chi connectivity index (χ1n) is 6.01. The van der Waals surface area contributed by atoms with Gasteiger partial charge in [-0.25, -0.2) is 13.2 Å². The van der Waals surface area contributed by atoms with E-state index < -0.39 is 17.5 Å². The van der Waals surface area contributed by atoms with Crippen molar-refractivity contribution in [2.75, 3.05) is 0 Å². The predicted molar refractivity (Wildman–Crippen MR) is 69.0 cm³/mol. The molecule has 2 aromatic carbocycles. The lowest BCUT2D eigenvalue weighted by molar-refractivity contribution is 0.445. The van der Waals surface area contributed by atoms with Gasteiger partial charge in [-0.1, -0.05) is 24.3 Å². The topological polar surface area (TPSA) is 0 Å². The Hall–Kier alpha value is -2.03. The zero-order valence-corrected chi connectivity index (χ0v) is 10.3. The lowest BCUT2D eigenvalue weighted by Gasteiger charge is -2.07. The molecule has 0 saturated carbocycles. The Balaban J connectivity index is 2.16. The first kappa shape index (κ1) is 12.0. The molecule has 0 radical (unpaired) electrons. The summed E-state index contributed by atoms with van der Waals surface area (Å²) >= 11 is 0. The van der Waals surface area contributed by atoms with E-state index in [1.165, 1.54) is 6.07 Å². The standard InChI is InChI=1S/C16H11F3/c1-9-11-5-3-2-4-10(11)8-13(9)12-6-7-14(17)16(19)15(12)18/h2-7H,8H2,1H3. The first-order valence-corrected chi connectivity index (χ1v) is 6.01. The first-order chi connectivity index (χ1) is 9.09. The molecule has 3 rings (SSSR count). The third kappa shape index (κ3) is 1.77. The fraction of sp³-hybridized carbons (Fsp3) is 0.125. The van der Waals surface area contributed by atoms with Gasteiger partial charge < -0.3 is 0 Å². The van der Waals surface area contributed by atoms with Gasteiger partial charge in [0.2, 0.25) is 0 Å². The number of hydrogen-bond acceptors (Lipinski definition) is 0. The van der Waals surface area contributed by atoms with Gasteiger partial charge in [0.25, 0.3) is 0 Å². The van der Waals surface area contributed by atoms with Crippen molar-refractivity contribution in [3.8, 4) is 0 Å². The largest absolute Gasteiger partial charge is 0.204 e. The quantitative estimate of drug-likeness (QED) is 0.658. The molecule has 0 aromatic heterocycles. The smallest absolute Gasteiger partial charge is 0.195 e. The highest BCUT2D eigenvalue weighted by Crippen LogP contribution is 2.39. The van der Waals surface area contributed by atoms with Gasteiger partial charge in [-0.05, 0) is 47.8 Å². The second kappa shape index (κ2) is 4.26. The van der Waals surface area contributed by atoms with Crippen molar-refractivity contribution in [3.63, 3.8) is 0 Å². The van der Waals surface area contributed by atoms with E-state index in [0.717, 1.165) is 28.3 Å². The van der Waals surface area contributed by atoms with Gasteiger partial charge >= 0.3 is 0 Å². The summed E-state index contributed by atoms with van der Waals surface area (Å²) in [5, 5.41) is 0. The molecule has 0 saturated heterocycles. The number of rotatable bonds is 1. The molecule has 0 spiro atoms. The monoisotopic (exact) mass is 260 g/mol. The second-order valence-corrected chi connectivity index (χ2v) is 4.66. The highest BCUT2D eigenvalue weighted by Gasteiger charge is 2.23. The van der Waals surface area contributed by atoms with Gasteiger partial charge in [-0.3, -0.25) is 0 Å². The molecular formula is C16H11F3. The summed E-state index contributed by atoms with van der Waals surface area (Å²) in [4.78, 5) is 0. The summed E-state index contributed by atoms with van der Waals surface area (Å²) < 4.78 is 40.2.